The summed E-state index contributed by atoms with van der Waals surface area (Å²) in [4.78, 5) is 13.9. The maximum Gasteiger partial charge on any atom is 0.343 e. The van der Waals surface area contributed by atoms with Crippen LogP contribution in [0.1, 0.15) is 5.82 Å². The van der Waals surface area contributed by atoms with Crippen LogP contribution in [0.2, 0.25) is 0 Å². The highest BCUT2D eigenvalue weighted by Crippen LogP contribution is 2.10. The summed E-state index contributed by atoms with van der Waals surface area (Å²) in [7, 11) is 0. The lowest BCUT2D eigenvalue weighted by atomic mass is 10.3. The van der Waals surface area contributed by atoms with Gasteiger partial charge in [0.2, 0.25) is 0 Å². The molecule has 8 heteroatoms. The smallest absolute Gasteiger partial charge is 0.295 e. The van der Waals surface area contributed by atoms with Gasteiger partial charge in [0.1, 0.15) is 12.9 Å². The van der Waals surface area contributed by atoms with Gasteiger partial charge in [-0.2, -0.15) is 10.2 Å². The van der Waals surface area contributed by atoms with E-state index in [0.717, 1.165) is 5.69 Å². The second-order valence-electron chi connectivity index (χ2n) is 3.87. The second-order valence-corrected chi connectivity index (χ2v) is 4.25. The van der Waals surface area contributed by atoms with Crippen molar-refractivity contribution in [2.75, 3.05) is 0 Å². The first-order valence-electron chi connectivity index (χ1n) is 5.58. The van der Waals surface area contributed by atoms with E-state index in [4.69, 9.17) is 12.2 Å². The summed E-state index contributed by atoms with van der Waals surface area (Å²) in [5, 5.41) is 10.8. The molecular formula is C11H10N6OS. The molecule has 2 aromatic heterocycles. The standard InChI is InChI=1S/C11H10N6OS/c18-10-12-7-13-16(10)6-9-14-15-11(19)17(9)8-4-2-1-3-5-8/h1-5,7H,6H2,(H,15,19)(H,12,13,18). The van der Waals surface area contributed by atoms with E-state index in [1.165, 1.54) is 11.0 Å². The van der Waals surface area contributed by atoms with Crippen molar-refractivity contribution in [2.24, 2.45) is 0 Å². The lowest BCUT2D eigenvalue weighted by Crippen LogP contribution is -2.20. The van der Waals surface area contributed by atoms with E-state index in [1.807, 2.05) is 30.3 Å². The van der Waals surface area contributed by atoms with Gasteiger partial charge in [-0.1, -0.05) is 18.2 Å². The number of para-hydroxylation sites is 1. The van der Waals surface area contributed by atoms with Crippen LogP contribution in [0.25, 0.3) is 5.69 Å². The van der Waals surface area contributed by atoms with Crippen molar-refractivity contribution in [2.45, 2.75) is 6.54 Å². The fourth-order valence-electron chi connectivity index (χ4n) is 1.81. The maximum absolute atomic E-state index is 11.4. The quantitative estimate of drug-likeness (QED) is 0.694. The first kappa shape index (κ1) is 11.6. The molecule has 0 saturated carbocycles. The van der Waals surface area contributed by atoms with Gasteiger partial charge in [-0.05, 0) is 24.4 Å². The van der Waals surface area contributed by atoms with Gasteiger partial charge in [0.15, 0.2) is 10.6 Å². The van der Waals surface area contributed by atoms with Crippen molar-refractivity contribution in [3.63, 3.8) is 0 Å². The third-order valence-corrected chi connectivity index (χ3v) is 2.94. The molecule has 3 rings (SSSR count). The topological polar surface area (TPSA) is 84.3 Å². The van der Waals surface area contributed by atoms with E-state index < -0.39 is 0 Å². The average molecular weight is 274 g/mol. The number of aromatic nitrogens is 6. The Morgan fingerprint density at radius 1 is 1.26 bits per heavy atom. The van der Waals surface area contributed by atoms with Crippen LogP contribution in [0.15, 0.2) is 41.5 Å². The van der Waals surface area contributed by atoms with Crippen molar-refractivity contribution in [1.29, 1.82) is 0 Å². The molecule has 1 aromatic carbocycles. The van der Waals surface area contributed by atoms with E-state index >= 15 is 0 Å². The molecule has 2 heterocycles. The SMILES string of the molecule is O=c1[nH]cnn1Cc1n[nH]c(=S)n1-c1ccccc1. The molecule has 0 amide bonds. The van der Waals surface area contributed by atoms with Crippen LogP contribution in [-0.2, 0) is 6.54 Å². The average Bonchev–Trinajstić information content (AvgIpc) is 2.98. The van der Waals surface area contributed by atoms with Gasteiger partial charge >= 0.3 is 5.69 Å². The third-order valence-electron chi connectivity index (χ3n) is 2.67. The van der Waals surface area contributed by atoms with Crippen molar-refractivity contribution in [1.82, 2.24) is 29.5 Å². The van der Waals surface area contributed by atoms with Crippen LogP contribution in [0.5, 0.6) is 0 Å². The van der Waals surface area contributed by atoms with Crippen LogP contribution in [0.3, 0.4) is 0 Å². The predicted octanol–water partition coefficient (Wildman–Crippen LogP) is 0.863. The zero-order chi connectivity index (χ0) is 13.2. The monoisotopic (exact) mass is 274 g/mol. The zero-order valence-corrected chi connectivity index (χ0v) is 10.6. The fourth-order valence-corrected chi connectivity index (χ4v) is 2.06. The van der Waals surface area contributed by atoms with E-state index in [-0.39, 0.29) is 12.2 Å². The minimum Gasteiger partial charge on any atom is -0.295 e. The first-order chi connectivity index (χ1) is 9.25. The molecule has 7 nitrogen and oxygen atoms in total. The number of hydrogen-bond acceptors (Lipinski definition) is 4. The molecule has 0 spiro atoms. The Kier molecular flexibility index (Phi) is 2.84. The van der Waals surface area contributed by atoms with Crippen LogP contribution in [0.4, 0.5) is 0 Å². The molecule has 0 saturated heterocycles. The maximum atomic E-state index is 11.4. The molecule has 2 N–H and O–H groups in total. The summed E-state index contributed by atoms with van der Waals surface area (Å²) in [6.45, 7) is 0.240. The Hall–Kier alpha value is -2.48. The van der Waals surface area contributed by atoms with Gasteiger partial charge in [0.05, 0.1) is 0 Å². The largest absolute Gasteiger partial charge is 0.343 e. The number of hydrogen-bond donors (Lipinski definition) is 2. The van der Waals surface area contributed by atoms with Crippen molar-refractivity contribution in [3.05, 3.63) is 57.7 Å². The summed E-state index contributed by atoms with van der Waals surface area (Å²) in [5.74, 6) is 0.616. The van der Waals surface area contributed by atoms with E-state index in [2.05, 4.69) is 20.3 Å². The fraction of sp³-hybridized carbons (Fsp3) is 0.0909. The molecule has 0 bridgehead atoms. The number of aromatic amines is 2. The lowest BCUT2D eigenvalue weighted by Gasteiger charge is -2.05. The summed E-state index contributed by atoms with van der Waals surface area (Å²) in [6, 6.07) is 9.58. The highest BCUT2D eigenvalue weighted by atomic mass is 32.1. The molecule has 19 heavy (non-hydrogen) atoms. The molecule has 0 unspecified atom stereocenters. The third kappa shape index (κ3) is 2.13. The number of nitrogens with zero attached hydrogens (tertiary/aromatic N) is 4. The van der Waals surface area contributed by atoms with Gasteiger partial charge in [-0.15, -0.1) is 0 Å². The molecule has 96 valence electrons. The van der Waals surface area contributed by atoms with Crippen LogP contribution >= 0.6 is 12.2 Å². The minimum atomic E-state index is -0.284. The Morgan fingerprint density at radius 2 is 2.05 bits per heavy atom. The van der Waals surface area contributed by atoms with Gasteiger partial charge in [0, 0.05) is 5.69 Å². The number of benzene rings is 1. The van der Waals surface area contributed by atoms with Crippen LogP contribution in [0, 0.1) is 4.77 Å². The lowest BCUT2D eigenvalue weighted by molar-refractivity contribution is 0.621. The molecule has 0 radical (unpaired) electrons. The Labute approximate surface area is 112 Å². The van der Waals surface area contributed by atoms with Crippen LogP contribution < -0.4 is 5.69 Å². The van der Waals surface area contributed by atoms with Crippen molar-refractivity contribution in [3.8, 4) is 5.69 Å². The number of rotatable bonds is 3. The summed E-state index contributed by atoms with van der Waals surface area (Å²) in [6.07, 6.45) is 1.34. The normalized spacial score (nSPS) is 10.7. The molecule has 0 aliphatic heterocycles. The van der Waals surface area contributed by atoms with Gasteiger partial charge in [-0.25, -0.2) is 9.48 Å². The Balaban J connectivity index is 2.07. The van der Waals surface area contributed by atoms with E-state index in [9.17, 15) is 4.79 Å². The molecule has 0 atom stereocenters. The van der Waals surface area contributed by atoms with Crippen molar-refractivity contribution >= 4 is 12.2 Å². The highest BCUT2D eigenvalue weighted by molar-refractivity contribution is 7.71. The highest BCUT2D eigenvalue weighted by Gasteiger charge is 2.10. The Bertz CT molecular complexity index is 796. The van der Waals surface area contributed by atoms with Gasteiger partial charge in [-0.3, -0.25) is 14.6 Å². The predicted molar refractivity (Wildman–Crippen MR) is 70.7 cm³/mol. The summed E-state index contributed by atoms with van der Waals surface area (Å²) >= 11 is 5.21. The number of H-pyrrole nitrogens is 2. The Morgan fingerprint density at radius 3 is 2.74 bits per heavy atom. The van der Waals surface area contributed by atoms with Crippen molar-refractivity contribution < 1.29 is 0 Å². The molecular weight excluding hydrogens is 264 g/mol. The van der Waals surface area contributed by atoms with E-state index in [1.54, 1.807) is 4.57 Å². The molecule has 0 aliphatic carbocycles. The summed E-state index contributed by atoms with van der Waals surface area (Å²) < 4.78 is 3.53. The number of nitrogens with one attached hydrogen (secondary N) is 2. The molecule has 0 aliphatic rings. The zero-order valence-electron chi connectivity index (χ0n) is 9.78. The summed E-state index contributed by atoms with van der Waals surface area (Å²) in [5.41, 5.74) is 0.605. The van der Waals surface area contributed by atoms with Crippen LogP contribution in [-0.4, -0.2) is 29.5 Å². The van der Waals surface area contributed by atoms with Gasteiger partial charge in [0.25, 0.3) is 0 Å². The minimum absolute atomic E-state index is 0.240. The van der Waals surface area contributed by atoms with Gasteiger partial charge < -0.3 is 0 Å². The molecule has 0 fully saturated rings. The first-order valence-corrected chi connectivity index (χ1v) is 5.99. The van der Waals surface area contributed by atoms with E-state index in [0.29, 0.717) is 10.6 Å². The molecule has 3 aromatic rings. The second kappa shape index (κ2) is 4.65.